The maximum absolute atomic E-state index is 11.8. The second kappa shape index (κ2) is 15.6. The first-order valence-electron chi connectivity index (χ1n) is 7.97. The predicted molar refractivity (Wildman–Crippen MR) is 101 cm³/mol. The summed E-state index contributed by atoms with van der Waals surface area (Å²) < 4.78 is 10.5. The van der Waals surface area contributed by atoms with Gasteiger partial charge in [-0.05, 0) is 34.4 Å². The van der Waals surface area contributed by atoms with Gasteiger partial charge in [0, 0.05) is 13.2 Å². The van der Waals surface area contributed by atoms with Crippen LogP contribution in [0.5, 0.6) is 0 Å². The fourth-order valence-electron chi connectivity index (χ4n) is 1.24. The third kappa shape index (κ3) is 12.5. The van der Waals surface area contributed by atoms with E-state index in [4.69, 9.17) is 9.47 Å². The number of hydrogen-bond acceptors (Lipinski definition) is 6. The summed E-state index contributed by atoms with van der Waals surface area (Å²) >= 11 is 0. The van der Waals surface area contributed by atoms with E-state index in [1.54, 1.807) is 0 Å². The van der Waals surface area contributed by atoms with Gasteiger partial charge in [-0.1, -0.05) is 39.8 Å². The summed E-state index contributed by atoms with van der Waals surface area (Å²) in [5.41, 5.74) is 0. The van der Waals surface area contributed by atoms with Gasteiger partial charge in [0.1, 0.15) is 13.5 Å². The van der Waals surface area contributed by atoms with Crippen LogP contribution >= 0.6 is 21.6 Å². The minimum absolute atomic E-state index is 0.152. The van der Waals surface area contributed by atoms with Crippen molar-refractivity contribution in [2.24, 2.45) is 0 Å². The van der Waals surface area contributed by atoms with Gasteiger partial charge >= 0.3 is 0 Å². The van der Waals surface area contributed by atoms with Crippen LogP contribution in [0.25, 0.3) is 0 Å². The average molecular weight is 377 g/mol. The van der Waals surface area contributed by atoms with E-state index in [1.807, 2.05) is 0 Å². The topological polar surface area (TPSA) is 76.7 Å². The van der Waals surface area contributed by atoms with Gasteiger partial charge in [-0.3, -0.25) is 9.59 Å². The van der Waals surface area contributed by atoms with Crippen LogP contribution in [-0.4, -0.2) is 38.5 Å². The second-order valence-electron chi connectivity index (χ2n) is 4.84. The summed E-state index contributed by atoms with van der Waals surface area (Å²) in [7, 11) is 2.18. The lowest BCUT2D eigenvalue weighted by Gasteiger charge is -2.09. The van der Waals surface area contributed by atoms with Crippen molar-refractivity contribution in [3.05, 3.63) is 23.0 Å². The number of nitrogens with one attached hydrogen (secondary N) is 2. The fourth-order valence-corrected chi connectivity index (χ4v) is 2.80. The third-order valence-electron chi connectivity index (χ3n) is 2.70. The lowest BCUT2D eigenvalue weighted by Crippen LogP contribution is -2.27. The van der Waals surface area contributed by atoms with Crippen molar-refractivity contribution in [2.45, 2.75) is 39.5 Å². The van der Waals surface area contributed by atoms with E-state index in [-0.39, 0.29) is 35.1 Å². The van der Waals surface area contributed by atoms with Gasteiger partial charge in [-0.2, -0.15) is 0 Å². The smallest absolute Gasteiger partial charge is 0.259 e. The number of carbonyl (C=O) groups is 2. The minimum Gasteiger partial charge on any atom is -0.361 e. The molecule has 0 bridgehead atoms. The molecule has 0 aliphatic carbocycles. The Kier molecular flexibility index (Phi) is 14.9. The first-order chi connectivity index (χ1) is 11.5. The summed E-state index contributed by atoms with van der Waals surface area (Å²) in [5, 5.41) is 5.21. The lowest BCUT2D eigenvalue weighted by atomic mass is 10.4. The Hall–Kier alpha value is -0.960. The molecular weight excluding hydrogens is 348 g/mol. The van der Waals surface area contributed by atoms with Gasteiger partial charge in [0.15, 0.2) is 0 Å². The predicted octanol–water partition coefficient (Wildman–Crippen LogP) is 3.18. The van der Waals surface area contributed by atoms with E-state index in [9.17, 15) is 9.59 Å². The van der Waals surface area contributed by atoms with Crippen LogP contribution in [-0.2, 0) is 19.1 Å². The molecule has 2 amide bonds. The molecule has 0 spiro atoms. The van der Waals surface area contributed by atoms with Crippen LogP contribution in [0.15, 0.2) is 23.0 Å². The number of unbranched alkanes of at least 4 members (excludes halogenated alkanes) is 2. The molecule has 0 atom stereocenters. The molecular formula is C16H28N2O4S2. The summed E-state index contributed by atoms with van der Waals surface area (Å²) in [6.07, 6.45) is 4.00. The molecule has 0 radical (unpaired) electrons. The zero-order valence-electron chi connectivity index (χ0n) is 14.5. The average Bonchev–Trinajstić information content (AvgIpc) is 2.58. The van der Waals surface area contributed by atoms with Crippen LogP contribution < -0.4 is 10.6 Å². The van der Waals surface area contributed by atoms with Crippen molar-refractivity contribution in [2.75, 3.05) is 26.7 Å². The van der Waals surface area contributed by atoms with E-state index >= 15 is 0 Å². The van der Waals surface area contributed by atoms with Crippen LogP contribution in [0.3, 0.4) is 0 Å². The molecule has 0 fully saturated rings. The molecule has 0 saturated carbocycles. The van der Waals surface area contributed by atoms with Gasteiger partial charge in [-0.25, -0.2) is 0 Å². The monoisotopic (exact) mass is 376 g/mol. The molecule has 0 aromatic heterocycles. The van der Waals surface area contributed by atoms with Crippen molar-refractivity contribution in [1.82, 2.24) is 10.6 Å². The summed E-state index contributed by atoms with van der Waals surface area (Å²) in [6, 6.07) is 0. The van der Waals surface area contributed by atoms with Crippen LogP contribution in [0.2, 0.25) is 0 Å². The van der Waals surface area contributed by atoms with Gasteiger partial charge in [-0.15, -0.1) is 0 Å². The highest BCUT2D eigenvalue weighted by Gasteiger charge is 2.12. The summed E-state index contributed by atoms with van der Waals surface area (Å²) in [6.45, 7) is 13.0. The molecule has 8 heteroatoms. The van der Waals surface area contributed by atoms with E-state index in [2.05, 4.69) is 37.6 Å². The first kappa shape index (κ1) is 23.0. The van der Waals surface area contributed by atoms with Crippen molar-refractivity contribution >= 4 is 33.4 Å². The molecule has 24 heavy (non-hydrogen) atoms. The van der Waals surface area contributed by atoms with E-state index < -0.39 is 0 Å². The molecule has 0 aromatic rings. The number of ether oxygens (including phenoxy) is 2. The second-order valence-corrected chi connectivity index (χ2v) is 7.16. The molecule has 2 N–H and O–H groups in total. The number of carbonyl (C=O) groups excluding carboxylic acids is 2. The highest BCUT2D eigenvalue weighted by atomic mass is 33.1. The van der Waals surface area contributed by atoms with E-state index in [0.717, 1.165) is 47.3 Å². The minimum atomic E-state index is -0.319. The SMILES string of the molecule is C=C(SSC(=C)C(=O)NCOCCCC)C(=O)NCOCCCC. The molecule has 0 unspecified atom stereocenters. The number of hydrogen-bond donors (Lipinski definition) is 2. The van der Waals surface area contributed by atoms with Gasteiger partial charge in [0.25, 0.3) is 11.8 Å². The maximum Gasteiger partial charge on any atom is 0.259 e. The Labute approximate surface area is 152 Å². The zero-order chi connectivity index (χ0) is 18.2. The van der Waals surface area contributed by atoms with Crippen molar-refractivity contribution < 1.29 is 19.1 Å². The largest absolute Gasteiger partial charge is 0.361 e. The van der Waals surface area contributed by atoms with Crippen molar-refractivity contribution in [3.8, 4) is 0 Å². The van der Waals surface area contributed by atoms with Gasteiger partial charge in [0.2, 0.25) is 0 Å². The van der Waals surface area contributed by atoms with Crippen LogP contribution in [0.4, 0.5) is 0 Å². The zero-order valence-corrected chi connectivity index (χ0v) is 16.2. The first-order valence-corrected chi connectivity index (χ1v) is 10.1. The Bertz CT molecular complexity index is 379. The Morgan fingerprint density at radius 1 is 0.833 bits per heavy atom. The number of rotatable bonds is 15. The molecule has 0 aromatic carbocycles. The molecule has 0 aliphatic heterocycles. The van der Waals surface area contributed by atoms with Gasteiger partial charge < -0.3 is 20.1 Å². The van der Waals surface area contributed by atoms with E-state index in [0.29, 0.717) is 13.2 Å². The maximum atomic E-state index is 11.8. The molecule has 138 valence electrons. The Morgan fingerprint density at radius 3 is 1.54 bits per heavy atom. The van der Waals surface area contributed by atoms with Gasteiger partial charge in [0.05, 0.1) is 9.81 Å². The molecule has 0 saturated heterocycles. The van der Waals surface area contributed by atoms with E-state index in [1.165, 1.54) is 0 Å². The highest BCUT2D eigenvalue weighted by molar-refractivity contribution is 8.80. The van der Waals surface area contributed by atoms with Crippen molar-refractivity contribution in [3.63, 3.8) is 0 Å². The molecule has 6 nitrogen and oxygen atoms in total. The Morgan fingerprint density at radius 2 is 1.21 bits per heavy atom. The lowest BCUT2D eigenvalue weighted by molar-refractivity contribution is -0.119. The summed E-state index contributed by atoms with van der Waals surface area (Å²) in [5.74, 6) is -0.639. The normalized spacial score (nSPS) is 10.2. The molecule has 0 rings (SSSR count). The molecule has 0 aliphatic rings. The standard InChI is InChI=1S/C16H28N2O4S2/c1-5-7-9-21-11-17-15(19)13(3)23-24-14(4)16(20)18-12-22-10-8-6-2/h3-12H2,1-2H3,(H,17,19)(H,18,20). The molecule has 0 heterocycles. The summed E-state index contributed by atoms with van der Waals surface area (Å²) in [4.78, 5) is 24.1. The number of amides is 2. The fraction of sp³-hybridized carbons (Fsp3) is 0.625. The quantitative estimate of drug-likeness (QED) is 0.198. The van der Waals surface area contributed by atoms with Crippen molar-refractivity contribution in [1.29, 1.82) is 0 Å². The Balaban J connectivity index is 3.80. The van der Waals surface area contributed by atoms with Crippen LogP contribution in [0, 0.1) is 0 Å². The highest BCUT2D eigenvalue weighted by Crippen LogP contribution is 2.34. The third-order valence-corrected chi connectivity index (χ3v) is 5.02. The van der Waals surface area contributed by atoms with Crippen LogP contribution in [0.1, 0.15) is 39.5 Å².